The van der Waals surface area contributed by atoms with Gasteiger partial charge in [0, 0.05) is 36.8 Å². The molecule has 2 heterocycles. The van der Waals surface area contributed by atoms with Gasteiger partial charge in [-0.2, -0.15) is 0 Å². The number of benzene rings is 3. The van der Waals surface area contributed by atoms with Gasteiger partial charge in [-0.15, -0.1) is 0 Å². The highest BCUT2D eigenvalue weighted by molar-refractivity contribution is 5.90. The Bertz CT molecular complexity index is 1240. The quantitative estimate of drug-likeness (QED) is 0.540. The predicted molar refractivity (Wildman–Crippen MR) is 118 cm³/mol. The fourth-order valence-corrected chi connectivity index (χ4v) is 4.65. The van der Waals surface area contributed by atoms with Crippen LogP contribution in [-0.4, -0.2) is 47.6 Å². The number of ether oxygens (including phenoxy) is 1. The Morgan fingerprint density at radius 2 is 1.43 bits per heavy atom. The topological polar surface area (TPSA) is 61.9 Å². The summed E-state index contributed by atoms with van der Waals surface area (Å²) >= 11 is 0. The summed E-state index contributed by atoms with van der Waals surface area (Å²) in [6.07, 6.45) is -0.631. The van der Waals surface area contributed by atoms with E-state index in [-0.39, 0.29) is 25.3 Å². The van der Waals surface area contributed by atoms with Crippen LogP contribution in [-0.2, 0) is 10.3 Å². The van der Waals surface area contributed by atoms with E-state index in [0.717, 1.165) is 12.1 Å². The minimum absolute atomic E-state index is 0.0187. The number of fused-ring (bicyclic) bond motifs is 1. The molecule has 3 aromatic carbocycles. The molecule has 3 aromatic rings. The van der Waals surface area contributed by atoms with Crippen molar-refractivity contribution in [3.8, 4) is 0 Å². The molecular weight excluding hydrogens is 466 g/mol. The van der Waals surface area contributed by atoms with Gasteiger partial charge >= 0.3 is 12.1 Å². The molecule has 35 heavy (non-hydrogen) atoms. The largest absolute Gasteiger partial charge is 0.431 e. The van der Waals surface area contributed by atoms with E-state index in [0.29, 0.717) is 17.2 Å². The number of carbonyl (C=O) groups is 2. The van der Waals surface area contributed by atoms with Gasteiger partial charge < -0.3 is 15.0 Å². The van der Waals surface area contributed by atoms with E-state index in [1.165, 1.54) is 58.3 Å². The van der Waals surface area contributed by atoms with Crippen LogP contribution in [0.25, 0.3) is 0 Å². The standard InChI is InChI=1S/C25H19F4N3O3/c26-17-5-1-15(2-6-17)25(16-3-7-18(27)8-4-16)22-14-31(11-12-32(22)24(34)35-25)23(33)30-21-10-9-19(28)13-20(21)29/h1-10,13,22H,11-12,14H2,(H,30,33). The number of hydrogen-bond donors (Lipinski definition) is 1. The van der Waals surface area contributed by atoms with Gasteiger partial charge in [0.15, 0.2) is 5.60 Å². The monoisotopic (exact) mass is 485 g/mol. The number of carbonyl (C=O) groups excluding carboxylic acids is 2. The second-order valence-corrected chi connectivity index (χ2v) is 8.33. The molecule has 5 rings (SSSR count). The van der Waals surface area contributed by atoms with Gasteiger partial charge in [-0.05, 0) is 36.4 Å². The van der Waals surface area contributed by atoms with Crippen molar-refractivity contribution in [3.63, 3.8) is 0 Å². The Morgan fingerprint density at radius 3 is 2.00 bits per heavy atom. The molecule has 10 heteroatoms. The number of urea groups is 1. The maximum Gasteiger partial charge on any atom is 0.411 e. The summed E-state index contributed by atoms with van der Waals surface area (Å²) in [4.78, 5) is 28.7. The van der Waals surface area contributed by atoms with Crippen LogP contribution in [0.2, 0.25) is 0 Å². The fraction of sp³-hybridized carbons (Fsp3) is 0.200. The number of halogens is 4. The molecule has 2 saturated heterocycles. The van der Waals surface area contributed by atoms with Gasteiger partial charge in [-0.3, -0.25) is 4.90 Å². The number of nitrogens with one attached hydrogen (secondary N) is 1. The first kappa shape index (κ1) is 22.7. The zero-order valence-corrected chi connectivity index (χ0v) is 18.2. The van der Waals surface area contributed by atoms with Gasteiger partial charge in [0.2, 0.25) is 0 Å². The first-order chi connectivity index (χ1) is 16.8. The molecule has 1 N–H and O–H groups in total. The smallest absolute Gasteiger partial charge is 0.411 e. The van der Waals surface area contributed by atoms with Crippen LogP contribution < -0.4 is 5.32 Å². The van der Waals surface area contributed by atoms with Crippen molar-refractivity contribution >= 4 is 17.8 Å². The molecule has 2 fully saturated rings. The number of cyclic esters (lactones) is 1. The van der Waals surface area contributed by atoms with Gasteiger partial charge in [0.25, 0.3) is 0 Å². The van der Waals surface area contributed by atoms with Crippen LogP contribution >= 0.6 is 0 Å². The summed E-state index contributed by atoms with van der Waals surface area (Å²) in [5, 5.41) is 2.42. The van der Waals surface area contributed by atoms with Crippen molar-refractivity contribution in [3.05, 3.63) is 101 Å². The molecular formula is C25H19F4N3O3. The Hall–Kier alpha value is -4.08. The highest BCUT2D eigenvalue weighted by Crippen LogP contribution is 2.46. The minimum atomic E-state index is -1.46. The van der Waals surface area contributed by atoms with Crippen LogP contribution in [0.3, 0.4) is 0 Å². The van der Waals surface area contributed by atoms with Crippen molar-refractivity contribution < 1.29 is 31.9 Å². The maximum atomic E-state index is 14.1. The highest BCUT2D eigenvalue weighted by Gasteiger charge is 2.58. The number of anilines is 1. The molecule has 0 bridgehead atoms. The first-order valence-corrected chi connectivity index (χ1v) is 10.8. The highest BCUT2D eigenvalue weighted by atomic mass is 19.1. The van der Waals surface area contributed by atoms with Crippen molar-refractivity contribution in [2.24, 2.45) is 0 Å². The zero-order valence-electron chi connectivity index (χ0n) is 18.2. The molecule has 2 aliphatic heterocycles. The Balaban J connectivity index is 1.51. The Kier molecular flexibility index (Phi) is 5.58. The summed E-state index contributed by atoms with van der Waals surface area (Å²) in [6.45, 7) is 0.227. The van der Waals surface area contributed by atoms with E-state index in [1.807, 2.05) is 0 Å². The Morgan fingerprint density at radius 1 is 0.857 bits per heavy atom. The first-order valence-electron chi connectivity index (χ1n) is 10.8. The van der Waals surface area contributed by atoms with E-state index in [2.05, 4.69) is 5.32 Å². The van der Waals surface area contributed by atoms with Gasteiger partial charge in [0.1, 0.15) is 29.3 Å². The van der Waals surface area contributed by atoms with Crippen LogP contribution in [0.15, 0.2) is 66.7 Å². The van der Waals surface area contributed by atoms with E-state index < -0.39 is 47.0 Å². The van der Waals surface area contributed by atoms with Crippen LogP contribution in [0.4, 0.5) is 32.8 Å². The summed E-state index contributed by atoms with van der Waals surface area (Å²) in [5.41, 5.74) is -0.768. The number of rotatable bonds is 3. The van der Waals surface area contributed by atoms with Gasteiger partial charge in [-0.25, -0.2) is 27.2 Å². The van der Waals surface area contributed by atoms with Gasteiger partial charge in [0.05, 0.1) is 5.69 Å². The van der Waals surface area contributed by atoms with E-state index in [1.54, 1.807) is 0 Å². The molecule has 2 aliphatic rings. The second-order valence-electron chi connectivity index (χ2n) is 8.33. The average molecular weight is 485 g/mol. The van der Waals surface area contributed by atoms with Crippen LogP contribution in [0.5, 0.6) is 0 Å². The SMILES string of the molecule is O=C(Nc1ccc(F)cc1F)N1CCN2C(=O)OC(c3ccc(F)cc3)(c3ccc(F)cc3)C2C1. The third-order valence-corrected chi connectivity index (χ3v) is 6.34. The summed E-state index contributed by atoms with van der Waals surface area (Å²) in [5.74, 6) is -2.69. The number of piperazine rings is 1. The van der Waals surface area contributed by atoms with E-state index in [9.17, 15) is 27.2 Å². The third kappa shape index (κ3) is 3.94. The lowest BCUT2D eigenvalue weighted by molar-refractivity contribution is 0.0524. The van der Waals surface area contributed by atoms with Crippen molar-refractivity contribution in [1.29, 1.82) is 0 Å². The summed E-state index contributed by atoms with van der Waals surface area (Å²) in [6, 6.07) is 12.2. The average Bonchev–Trinajstić information content (AvgIpc) is 3.14. The van der Waals surface area contributed by atoms with E-state index in [4.69, 9.17) is 4.74 Å². The molecule has 0 aliphatic carbocycles. The zero-order chi connectivity index (χ0) is 24.7. The molecule has 6 nitrogen and oxygen atoms in total. The lowest BCUT2D eigenvalue weighted by Gasteiger charge is -2.42. The fourth-order valence-electron chi connectivity index (χ4n) is 4.65. The van der Waals surface area contributed by atoms with Crippen molar-refractivity contribution in [2.45, 2.75) is 11.6 Å². The Labute approximate surface area is 197 Å². The number of hydrogen-bond acceptors (Lipinski definition) is 3. The summed E-state index contributed by atoms with van der Waals surface area (Å²) < 4.78 is 60.6. The van der Waals surface area contributed by atoms with Crippen LogP contribution in [0, 0.1) is 23.3 Å². The lowest BCUT2D eigenvalue weighted by Crippen LogP contribution is -2.59. The third-order valence-electron chi connectivity index (χ3n) is 6.34. The predicted octanol–water partition coefficient (Wildman–Crippen LogP) is 4.86. The molecule has 0 aromatic heterocycles. The number of amides is 3. The van der Waals surface area contributed by atoms with Crippen LogP contribution in [0.1, 0.15) is 11.1 Å². The van der Waals surface area contributed by atoms with E-state index >= 15 is 0 Å². The maximum absolute atomic E-state index is 14.1. The molecule has 3 amide bonds. The normalized spacial score (nSPS) is 18.7. The molecule has 0 saturated carbocycles. The second kappa shape index (κ2) is 8.61. The van der Waals surface area contributed by atoms with Crippen molar-refractivity contribution in [2.75, 3.05) is 25.0 Å². The minimum Gasteiger partial charge on any atom is -0.431 e. The molecule has 0 radical (unpaired) electrons. The van der Waals surface area contributed by atoms with Gasteiger partial charge in [-0.1, -0.05) is 24.3 Å². The molecule has 0 spiro atoms. The van der Waals surface area contributed by atoms with Crippen molar-refractivity contribution in [1.82, 2.24) is 9.80 Å². The molecule has 180 valence electrons. The lowest BCUT2D eigenvalue weighted by atomic mass is 9.79. The summed E-state index contributed by atoms with van der Waals surface area (Å²) in [7, 11) is 0. The molecule has 1 unspecified atom stereocenters. The number of nitrogens with zero attached hydrogens (tertiary/aromatic N) is 2. The molecule has 1 atom stereocenters.